The molecule has 0 saturated heterocycles. The molecule has 2 rings (SSSR count). The second-order valence-electron chi connectivity index (χ2n) is 5.86. The Balaban J connectivity index is 2.14. The van der Waals surface area contributed by atoms with E-state index < -0.39 is 0 Å². The largest absolute Gasteiger partial charge is 0.497 e. The van der Waals surface area contributed by atoms with E-state index in [2.05, 4.69) is 0 Å². The lowest BCUT2D eigenvalue weighted by atomic mass is 10.0. The molecule has 1 aromatic heterocycles. The number of nitrogens with zero attached hydrogens (tertiary/aromatic N) is 2. The fraction of sp³-hybridized carbons (Fsp3) is 0.368. The van der Waals surface area contributed by atoms with Crippen LogP contribution < -0.4 is 10.3 Å². The zero-order chi connectivity index (χ0) is 17.7. The van der Waals surface area contributed by atoms with Crippen molar-refractivity contribution in [2.75, 3.05) is 13.7 Å². The summed E-state index contributed by atoms with van der Waals surface area (Å²) >= 11 is 0. The highest BCUT2D eigenvalue weighted by Gasteiger charge is 2.20. The summed E-state index contributed by atoms with van der Waals surface area (Å²) in [5.74, 6) is 0.758. The summed E-state index contributed by atoms with van der Waals surface area (Å²) in [5.41, 5.74) is 1.55. The lowest BCUT2D eigenvalue weighted by molar-refractivity contribution is 0.0702. The van der Waals surface area contributed by atoms with Crippen LogP contribution in [0.2, 0.25) is 0 Å². The minimum absolute atomic E-state index is 0.0492. The first-order valence-electron chi connectivity index (χ1n) is 8.06. The number of aryl methyl sites for hydroxylation is 1. The van der Waals surface area contributed by atoms with Gasteiger partial charge in [-0.1, -0.05) is 12.1 Å². The van der Waals surface area contributed by atoms with E-state index in [-0.39, 0.29) is 17.5 Å². The molecular formula is C19H24N2O3. The number of carbonyl (C=O) groups excluding carboxylic acids is 1. The molecule has 1 unspecified atom stereocenters. The summed E-state index contributed by atoms with van der Waals surface area (Å²) in [7, 11) is 3.29. The van der Waals surface area contributed by atoms with Crippen LogP contribution in [0.1, 0.15) is 29.8 Å². The fourth-order valence-corrected chi connectivity index (χ4v) is 2.75. The van der Waals surface area contributed by atoms with Gasteiger partial charge in [-0.15, -0.1) is 0 Å². The molecule has 1 atom stereocenters. The number of likely N-dealkylation sites (N-methyl/N-ethyl adjacent to an activating group) is 1. The maximum Gasteiger partial charge on any atom is 0.255 e. The van der Waals surface area contributed by atoms with Crippen molar-refractivity contribution < 1.29 is 9.53 Å². The van der Waals surface area contributed by atoms with E-state index in [0.29, 0.717) is 12.1 Å². The Bertz CT molecular complexity index is 750. The molecular weight excluding hydrogens is 304 g/mol. The first-order chi connectivity index (χ1) is 11.5. The van der Waals surface area contributed by atoms with Gasteiger partial charge >= 0.3 is 0 Å². The van der Waals surface area contributed by atoms with Gasteiger partial charge < -0.3 is 14.2 Å². The molecule has 0 fully saturated rings. The Morgan fingerprint density at radius 2 is 1.88 bits per heavy atom. The highest BCUT2D eigenvalue weighted by molar-refractivity contribution is 5.94. The van der Waals surface area contributed by atoms with E-state index in [9.17, 15) is 9.59 Å². The van der Waals surface area contributed by atoms with E-state index in [4.69, 9.17) is 4.74 Å². The predicted molar refractivity (Wildman–Crippen MR) is 94.6 cm³/mol. The van der Waals surface area contributed by atoms with Crippen molar-refractivity contribution in [1.82, 2.24) is 9.47 Å². The number of benzene rings is 1. The number of hydrogen-bond donors (Lipinski definition) is 0. The number of aromatic nitrogens is 1. The summed E-state index contributed by atoms with van der Waals surface area (Å²) in [6.45, 7) is 4.61. The van der Waals surface area contributed by atoms with Gasteiger partial charge in [0.2, 0.25) is 5.56 Å². The van der Waals surface area contributed by atoms with Gasteiger partial charge in [0.15, 0.2) is 0 Å². The lowest BCUT2D eigenvalue weighted by Crippen LogP contribution is -2.40. The predicted octanol–water partition coefficient (Wildman–Crippen LogP) is 2.49. The molecule has 24 heavy (non-hydrogen) atoms. The first kappa shape index (κ1) is 17.8. The van der Waals surface area contributed by atoms with Gasteiger partial charge in [-0.2, -0.15) is 0 Å². The molecule has 2 aromatic rings. The Labute approximate surface area is 142 Å². The van der Waals surface area contributed by atoms with E-state index in [1.54, 1.807) is 26.4 Å². The molecule has 0 aliphatic carbocycles. The average Bonchev–Trinajstić information content (AvgIpc) is 2.58. The molecule has 1 amide bonds. The molecule has 0 radical (unpaired) electrons. The molecule has 128 valence electrons. The van der Waals surface area contributed by atoms with Gasteiger partial charge in [0.05, 0.1) is 12.7 Å². The normalized spacial score (nSPS) is 11.8. The van der Waals surface area contributed by atoms with Crippen LogP contribution in [0, 0.1) is 0 Å². The fourth-order valence-electron chi connectivity index (χ4n) is 2.75. The maximum absolute atomic E-state index is 12.8. The van der Waals surface area contributed by atoms with E-state index in [0.717, 1.165) is 17.7 Å². The Hall–Kier alpha value is -2.56. The molecule has 1 aromatic carbocycles. The summed E-state index contributed by atoms with van der Waals surface area (Å²) in [6, 6.07) is 10.9. The number of methoxy groups -OCH3 is 1. The van der Waals surface area contributed by atoms with Crippen LogP contribution in [0.4, 0.5) is 0 Å². The van der Waals surface area contributed by atoms with Crippen LogP contribution in [-0.4, -0.2) is 35.1 Å². The van der Waals surface area contributed by atoms with Crippen LogP contribution in [0.3, 0.4) is 0 Å². The molecule has 1 heterocycles. The number of rotatable bonds is 6. The smallest absolute Gasteiger partial charge is 0.255 e. The van der Waals surface area contributed by atoms with E-state index in [1.165, 1.54) is 10.6 Å². The molecule has 0 aliphatic rings. The summed E-state index contributed by atoms with van der Waals surface area (Å²) in [6.07, 6.45) is 2.35. The maximum atomic E-state index is 12.8. The van der Waals surface area contributed by atoms with Crippen molar-refractivity contribution >= 4 is 5.91 Å². The van der Waals surface area contributed by atoms with Crippen molar-refractivity contribution in [3.05, 3.63) is 64.1 Å². The number of amides is 1. The van der Waals surface area contributed by atoms with Crippen molar-refractivity contribution in [2.45, 2.75) is 26.3 Å². The quantitative estimate of drug-likeness (QED) is 0.818. The number of ether oxygens (including phenoxy) is 1. The second-order valence-corrected chi connectivity index (χ2v) is 5.86. The van der Waals surface area contributed by atoms with Crippen LogP contribution in [-0.2, 0) is 13.5 Å². The third-order valence-corrected chi connectivity index (χ3v) is 4.16. The lowest BCUT2D eigenvalue weighted by Gasteiger charge is -2.28. The average molecular weight is 328 g/mol. The van der Waals surface area contributed by atoms with Gasteiger partial charge in [0, 0.05) is 31.9 Å². The molecule has 5 nitrogen and oxygen atoms in total. The first-order valence-corrected chi connectivity index (χ1v) is 8.06. The Morgan fingerprint density at radius 3 is 2.42 bits per heavy atom. The standard InChI is InChI=1S/C19H24N2O3/c1-5-21(19(23)16-8-11-18(22)20(3)13-16)14(2)12-15-6-9-17(24-4)10-7-15/h6-11,13-14H,5,12H2,1-4H3. The van der Waals surface area contributed by atoms with Gasteiger partial charge in [-0.3, -0.25) is 9.59 Å². The minimum atomic E-state index is -0.124. The summed E-state index contributed by atoms with van der Waals surface area (Å²) in [4.78, 5) is 26.1. The monoisotopic (exact) mass is 328 g/mol. The Morgan fingerprint density at radius 1 is 1.21 bits per heavy atom. The Kier molecular flexibility index (Phi) is 5.79. The summed E-state index contributed by atoms with van der Waals surface area (Å²) < 4.78 is 6.59. The van der Waals surface area contributed by atoms with Gasteiger partial charge in [-0.25, -0.2) is 0 Å². The molecule has 0 saturated carbocycles. The zero-order valence-corrected chi connectivity index (χ0v) is 14.7. The number of carbonyl (C=O) groups is 1. The second kappa shape index (κ2) is 7.81. The number of hydrogen-bond acceptors (Lipinski definition) is 3. The van der Waals surface area contributed by atoms with Crippen molar-refractivity contribution in [1.29, 1.82) is 0 Å². The minimum Gasteiger partial charge on any atom is -0.497 e. The SMILES string of the molecule is CCN(C(=O)c1ccc(=O)n(C)c1)C(C)Cc1ccc(OC)cc1. The molecule has 0 bridgehead atoms. The van der Waals surface area contributed by atoms with Crippen LogP contribution >= 0.6 is 0 Å². The van der Waals surface area contributed by atoms with Gasteiger partial charge in [0.25, 0.3) is 5.91 Å². The number of pyridine rings is 1. The topological polar surface area (TPSA) is 51.5 Å². The summed E-state index contributed by atoms with van der Waals surface area (Å²) in [5, 5.41) is 0. The highest BCUT2D eigenvalue weighted by atomic mass is 16.5. The van der Waals surface area contributed by atoms with Crippen LogP contribution in [0.15, 0.2) is 47.4 Å². The van der Waals surface area contributed by atoms with Crippen LogP contribution in [0.5, 0.6) is 5.75 Å². The van der Waals surface area contributed by atoms with Crippen molar-refractivity contribution in [3.8, 4) is 5.75 Å². The molecule has 0 N–H and O–H groups in total. The third kappa shape index (κ3) is 4.04. The van der Waals surface area contributed by atoms with E-state index in [1.807, 2.05) is 43.0 Å². The van der Waals surface area contributed by atoms with Crippen LogP contribution in [0.25, 0.3) is 0 Å². The van der Waals surface area contributed by atoms with Crippen molar-refractivity contribution in [2.24, 2.45) is 7.05 Å². The molecule has 0 aliphatic heterocycles. The van der Waals surface area contributed by atoms with E-state index >= 15 is 0 Å². The van der Waals surface area contributed by atoms with Gasteiger partial charge in [-0.05, 0) is 44.0 Å². The van der Waals surface area contributed by atoms with Gasteiger partial charge in [0.1, 0.15) is 5.75 Å². The third-order valence-electron chi connectivity index (χ3n) is 4.16. The molecule has 0 spiro atoms. The highest BCUT2D eigenvalue weighted by Crippen LogP contribution is 2.16. The zero-order valence-electron chi connectivity index (χ0n) is 14.7. The molecule has 5 heteroatoms. The van der Waals surface area contributed by atoms with Crippen molar-refractivity contribution in [3.63, 3.8) is 0 Å².